The molecule has 0 unspecified atom stereocenters. The van der Waals surface area contributed by atoms with Crippen molar-refractivity contribution < 1.29 is 27.6 Å². The number of aromatic carboxylic acids is 1. The summed E-state index contributed by atoms with van der Waals surface area (Å²) in [6, 6.07) is 10.6. The van der Waals surface area contributed by atoms with Crippen LogP contribution in [0.5, 0.6) is 0 Å². The lowest BCUT2D eigenvalue weighted by Gasteiger charge is -1.98. The second-order valence-corrected chi connectivity index (χ2v) is 5.66. The molecule has 3 N–H and O–H groups in total. The highest BCUT2D eigenvalue weighted by atomic mass is 35.5. The van der Waals surface area contributed by atoms with Crippen molar-refractivity contribution in [1.82, 2.24) is 10.1 Å². The Hall–Kier alpha value is -3.07. The van der Waals surface area contributed by atoms with Crippen molar-refractivity contribution in [3.63, 3.8) is 0 Å². The van der Waals surface area contributed by atoms with Gasteiger partial charge in [0.25, 0.3) is 0 Å². The summed E-state index contributed by atoms with van der Waals surface area (Å²) < 4.78 is 40.7. The van der Waals surface area contributed by atoms with E-state index in [-0.39, 0.29) is 17.0 Å². The lowest BCUT2D eigenvalue weighted by atomic mass is 10.1. The van der Waals surface area contributed by atoms with Crippen molar-refractivity contribution in [3.05, 3.63) is 64.5 Å². The number of nitrogen functional groups attached to an aromatic ring is 1. The number of benzene rings is 2. The summed E-state index contributed by atoms with van der Waals surface area (Å²) in [6.45, 7) is 1.90. The molecule has 0 atom stereocenters. The molecule has 27 heavy (non-hydrogen) atoms. The van der Waals surface area contributed by atoms with Gasteiger partial charge in [0, 0.05) is 16.3 Å². The van der Waals surface area contributed by atoms with E-state index in [2.05, 4.69) is 14.7 Å². The van der Waals surface area contributed by atoms with Crippen molar-refractivity contribution in [2.24, 2.45) is 0 Å². The summed E-state index contributed by atoms with van der Waals surface area (Å²) in [5.41, 5.74) is 7.49. The molecule has 0 fully saturated rings. The van der Waals surface area contributed by atoms with Crippen LogP contribution < -0.4 is 5.73 Å². The van der Waals surface area contributed by atoms with Gasteiger partial charge in [-0.25, -0.2) is 4.79 Å². The third-order valence-electron chi connectivity index (χ3n) is 3.37. The average molecular weight is 400 g/mol. The van der Waals surface area contributed by atoms with E-state index in [1.165, 1.54) is 24.3 Å². The molecule has 1 aromatic heterocycles. The summed E-state index contributed by atoms with van der Waals surface area (Å²) in [5.74, 6) is -2.83. The van der Waals surface area contributed by atoms with Crippen molar-refractivity contribution in [2.45, 2.75) is 13.1 Å². The lowest BCUT2D eigenvalue weighted by Crippen LogP contribution is -2.04. The van der Waals surface area contributed by atoms with Gasteiger partial charge >= 0.3 is 18.0 Å². The van der Waals surface area contributed by atoms with Gasteiger partial charge in [-0.2, -0.15) is 18.2 Å². The van der Waals surface area contributed by atoms with Gasteiger partial charge in [0.1, 0.15) is 0 Å². The SMILES string of the molecule is Cc1c(N)cccc1Cl.O=C(O)c1ccc(-c2noc(C(F)(F)F)n2)cc1. The van der Waals surface area contributed by atoms with E-state index in [1.807, 2.05) is 25.1 Å². The Morgan fingerprint density at radius 1 is 1.19 bits per heavy atom. The Bertz CT molecular complexity index is 920. The molecule has 3 aromatic rings. The Morgan fingerprint density at radius 2 is 1.81 bits per heavy atom. The quantitative estimate of drug-likeness (QED) is 0.606. The molecule has 0 bridgehead atoms. The monoisotopic (exact) mass is 399 g/mol. The van der Waals surface area contributed by atoms with Gasteiger partial charge in [0.05, 0.1) is 5.56 Å². The topological polar surface area (TPSA) is 102 Å². The molecular formula is C17H13ClF3N3O3. The number of rotatable bonds is 2. The van der Waals surface area contributed by atoms with Gasteiger partial charge < -0.3 is 15.4 Å². The fourth-order valence-corrected chi connectivity index (χ4v) is 2.02. The van der Waals surface area contributed by atoms with Crippen LogP contribution in [0.1, 0.15) is 21.8 Å². The molecule has 0 amide bonds. The molecule has 10 heteroatoms. The Labute approximate surface area is 156 Å². The minimum atomic E-state index is -4.70. The summed E-state index contributed by atoms with van der Waals surface area (Å²) in [6.07, 6.45) is -4.70. The standard InChI is InChI=1S/C10H5F3N2O3.C7H8ClN/c11-10(12,13)9-14-7(15-18-9)5-1-3-6(4-2-5)8(16)17;1-5-6(8)3-2-4-7(5)9/h1-4H,(H,16,17);2-4H,9H2,1H3. The number of carboxylic acid groups (broad SMARTS) is 1. The van der Waals surface area contributed by atoms with Gasteiger partial charge in [0.15, 0.2) is 0 Å². The predicted molar refractivity (Wildman–Crippen MR) is 92.3 cm³/mol. The minimum absolute atomic E-state index is 0.0123. The average Bonchev–Trinajstić information content (AvgIpc) is 3.11. The largest absolute Gasteiger partial charge is 0.478 e. The van der Waals surface area contributed by atoms with Crippen LogP contribution in [0.25, 0.3) is 11.4 Å². The van der Waals surface area contributed by atoms with Crippen LogP contribution >= 0.6 is 11.6 Å². The van der Waals surface area contributed by atoms with Gasteiger partial charge in [-0.05, 0) is 36.8 Å². The number of alkyl halides is 3. The molecule has 3 rings (SSSR count). The zero-order valence-corrected chi connectivity index (χ0v) is 14.5. The van der Waals surface area contributed by atoms with E-state index >= 15 is 0 Å². The van der Waals surface area contributed by atoms with E-state index < -0.39 is 18.0 Å². The highest BCUT2D eigenvalue weighted by molar-refractivity contribution is 6.31. The molecule has 0 aliphatic rings. The fraction of sp³-hybridized carbons (Fsp3) is 0.118. The molecule has 2 aromatic carbocycles. The van der Waals surface area contributed by atoms with Crippen molar-refractivity contribution in [1.29, 1.82) is 0 Å². The van der Waals surface area contributed by atoms with Crippen LogP contribution in [0, 0.1) is 6.92 Å². The normalized spacial score (nSPS) is 10.9. The number of aromatic nitrogens is 2. The number of hydrogen-bond donors (Lipinski definition) is 2. The summed E-state index contributed by atoms with van der Waals surface area (Å²) in [4.78, 5) is 13.8. The van der Waals surface area contributed by atoms with E-state index in [1.54, 1.807) is 0 Å². The van der Waals surface area contributed by atoms with E-state index in [0.29, 0.717) is 0 Å². The molecule has 1 heterocycles. The van der Waals surface area contributed by atoms with Crippen LogP contribution in [0.2, 0.25) is 5.02 Å². The van der Waals surface area contributed by atoms with Crippen LogP contribution in [-0.4, -0.2) is 21.2 Å². The van der Waals surface area contributed by atoms with Crippen molar-refractivity contribution >= 4 is 23.3 Å². The maximum absolute atomic E-state index is 12.2. The van der Waals surface area contributed by atoms with Crippen LogP contribution in [-0.2, 0) is 6.18 Å². The van der Waals surface area contributed by atoms with Crippen molar-refractivity contribution in [2.75, 3.05) is 5.73 Å². The maximum Gasteiger partial charge on any atom is 0.471 e. The molecule has 6 nitrogen and oxygen atoms in total. The van der Waals surface area contributed by atoms with E-state index in [0.717, 1.165) is 16.3 Å². The smallest absolute Gasteiger partial charge is 0.471 e. The van der Waals surface area contributed by atoms with Gasteiger partial charge in [-0.15, -0.1) is 0 Å². The first-order valence-corrected chi connectivity index (χ1v) is 7.72. The molecular weight excluding hydrogens is 387 g/mol. The third-order valence-corrected chi connectivity index (χ3v) is 3.78. The van der Waals surface area contributed by atoms with Gasteiger partial charge in [0.2, 0.25) is 5.82 Å². The summed E-state index contributed by atoms with van der Waals surface area (Å²) >= 11 is 5.73. The first-order chi connectivity index (χ1) is 12.6. The number of nitrogens with two attached hydrogens (primary N) is 1. The number of halogens is 4. The predicted octanol–water partition coefficient (Wildman–Crippen LogP) is 4.68. The van der Waals surface area contributed by atoms with E-state index in [9.17, 15) is 18.0 Å². The van der Waals surface area contributed by atoms with Crippen molar-refractivity contribution in [3.8, 4) is 11.4 Å². The van der Waals surface area contributed by atoms with Crippen LogP contribution in [0.4, 0.5) is 18.9 Å². The molecule has 0 spiro atoms. The molecule has 0 saturated heterocycles. The molecule has 0 aliphatic heterocycles. The Kier molecular flexibility index (Phi) is 6.06. The second-order valence-electron chi connectivity index (χ2n) is 5.26. The lowest BCUT2D eigenvalue weighted by molar-refractivity contribution is -0.159. The maximum atomic E-state index is 12.2. The first kappa shape index (κ1) is 20.2. The zero-order valence-electron chi connectivity index (χ0n) is 13.8. The van der Waals surface area contributed by atoms with E-state index in [4.69, 9.17) is 22.4 Å². The summed E-state index contributed by atoms with van der Waals surface area (Å²) in [5, 5.41) is 12.6. The third kappa shape index (κ3) is 5.20. The highest BCUT2D eigenvalue weighted by Gasteiger charge is 2.38. The molecule has 0 aliphatic carbocycles. The Morgan fingerprint density at radius 3 is 2.26 bits per heavy atom. The minimum Gasteiger partial charge on any atom is -0.478 e. The second kappa shape index (κ2) is 8.09. The molecule has 142 valence electrons. The highest BCUT2D eigenvalue weighted by Crippen LogP contribution is 2.29. The Balaban J connectivity index is 0.000000244. The number of hydrogen-bond acceptors (Lipinski definition) is 5. The zero-order chi connectivity index (χ0) is 20.2. The first-order valence-electron chi connectivity index (χ1n) is 7.35. The number of carboxylic acids is 1. The van der Waals surface area contributed by atoms with Crippen LogP contribution in [0.15, 0.2) is 47.0 Å². The number of carbonyl (C=O) groups is 1. The summed E-state index contributed by atoms with van der Waals surface area (Å²) in [7, 11) is 0. The molecule has 0 saturated carbocycles. The van der Waals surface area contributed by atoms with Gasteiger partial charge in [-0.3, -0.25) is 0 Å². The fourth-order valence-electron chi connectivity index (χ4n) is 1.84. The van der Waals surface area contributed by atoms with Gasteiger partial charge in [-0.1, -0.05) is 35.0 Å². The van der Waals surface area contributed by atoms with Crippen LogP contribution in [0.3, 0.4) is 0 Å². The molecule has 0 radical (unpaired) electrons. The number of nitrogens with zero attached hydrogens (tertiary/aromatic N) is 2. The number of anilines is 1.